The number of para-hydroxylation sites is 1. The molecule has 0 saturated carbocycles. The van der Waals surface area contributed by atoms with Crippen molar-refractivity contribution in [3.05, 3.63) is 30.3 Å². The summed E-state index contributed by atoms with van der Waals surface area (Å²) < 4.78 is 4.77. The summed E-state index contributed by atoms with van der Waals surface area (Å²) >= 11 is 0. The van der Waals surface area contributed by atoms with Crippen LogP contribution in [0.5, 0.6) is 5.75 Å². The van der Waals surface area contributed by atoms with Crippen LogP contribution in [0.1, 0.15) is 0 Å². The van der Waals surface area contributed by atoms with Crippen LogP contribution in [0.15, 0.2) is 35.4 Å². The number of rotatable bonds is 2. The zero-order chi connectivity index (χ0) is 8.81. The average molecular weight is 164 g/mol. The number of benzene rings is 1. The predicted molar refractivity (Wildman–Crippen MR) is 45.2 cm³/mol. The molecular formula is C8H8N2O2. The van der Waals surface area contributed by atoms with E-state index in [-0.39, 0.29) is 0 Å². The normalized spacial score (nSPS) is 8.67. The van der Waals surface area contributed by atoms with E-state index < -0.39 is 6.09 Å². The second-order valence-corrected chi connectivity index (χ2v) is 1.97. The highest BCUT2D eigenvalue weighted by Crippen LogP contribution is 2.07. The van der Waals surface area contributed by atoms with Crippen molar-refractivity contribution in [2.45, 2.75) is 0 Å². The smallest absolute Gasteiger partial charge is 0.409 e. The first kappa shape index (κ1) is 8.26. The molecule has 0 aromatic heterocycles. The van der Waals surface area contributed by atoms with Gasteiger partial charge >= 0.3 is 6.09 Å². The van der Waals surface area contributed by atoms with Gasteiger partial charge in [-0.2, -0.15) is 5.10 Å². The number of carbonyl (C=O) groups excluding carboxylic acids is 1. The van der Waals surface area contributed by atoms with Gasteiger partial charge in [0, 0.05) is 6.72 Å². The van der Waals surface area contributed by atoms with Crippen LogP contribution in [-0.4, -0.2) is 12.8 Å². The molecule has 4 heteroatoms. The number of hydrogen-bond donors (Lipinski definition) is 1. The van der Waals surface area contributed by atoms with Crippen molar-refractivity contribution in [1.29, 1.82) is 0 Å². The van der Waals surface area contributed by atoms with Crippen molar-refractivity contribution in [2.75, 3.05) is 0 Å². The number of ether oxygens (including phenoxy) is 1. The second kappa shape index (κ2) is 4.12. The lowest BCUT2D eigenvalue weighted by atomic mass is 10.3. The second-order valence-electron chi connectivity index (χ2n) is 1.97. The summed E-state index contributed by atoms with van der Waals surface area (Å²) in [4.78, 5) is 10.7. The quantitative estimate of drug-likeness (QED) is 0.530. The van der Waals surface area contributed by atoms with E-state index in [4.69, 9.17) is 4.74 Å². The largest absolute Gasteiger partial charge is 0.433 e. The van der Waals surface area contributed by atoms with Crippen LogP contribution < -0.4 is 10.2 Å². The zero-order valence-corrected chi connectivity index (χ0v) is 6.36. The van der Waals surface area contributed by atoms with Gasteiger partial charge in [-0.15, -0.1) is 0 Å². The number of nitrogens with zero attached hydrogens (tertiary/aromatic N) is 1. The lowest BCUT2D eigenvalue weighted by Gasteiger charge is -2.00. The molecule has 4 nitrogen and oxygen atoms in total. The maximum absolute atomic E-state index is 10.7. The highest BCUT2D eigenvalue weighted by molar-refractivity contribution is 5.70. The molecule has 0 aliphatic heterocycles. The summed E-state index contributed by atoms with van der Waals surface area (Å²) in [5, 5.41) is 3.16. The Labute approximate surface area is 69.9 Å². The van der Waals surface area contributed by atoms with Gasteiger partial charge in [0.1, 0.15) is 5.75 Å². The van der Waals surface area contributed by atoms with Crippen LogP contribution in [0.3, 0.4) is 0 Å². The first-order valence-corrected chi connectivity index (χ1v) is 3.31. The summed E-state index contributed by atoms with van der Waals surface area (Å²) in [6, 6.07) is 8.70. The molecule has 0 atom stereocenters. The molecule has 1 aromatic rings. The number of hydrazone groups is 1. The molecule has 1 aromatic carbocycles. The zero-order valence-electron chi connectivity index (χ0n) is 6.36. The van der Waals surface area contributed by atoms with Crippen molar-refractivity contribution in [1.82, 2.24) is 5.43 Å². The molecule has 1 amide bonds. The highest BCUT2D eigenvalue weighted by atomic mass is 16.6. The van der Waals surface area contributed by atoms with Gasteiger partial charge in [0.25, 0.3) is 0 Å². The Morgan fingerprint density at radius 2 is 2.08 bits per heavy atom. The van der Waals surface area contributed by atoms with E-state index in [1.807, 2.05) is 11.5 Å². The van der Waals surface area contributed by atoms with Crippen molar-refractivity contribution < 1.29 is 9.53 Å². The van der Waals surface area contributed by atoms with E-state index in [1.54, 1.807) is 24.3 Å². The third kappa shape index (κ3) is 2.42. The molecule has 0 unspecified atom stereocenters. The van der Waals surface area contributed by atoms with Crippen LogP contribution in [0.2, 0.25) is 0 Å². The number of amides is 1. The van der Waals surface area contributed by atoms with Crippen molar-refractivity contribution in [3.63, 3.8) is 0 Å². The fraction of sp³-hybridized carbons (Fsp3) is 0. The van der Waals surface area contributed by atoms with Crippen molar-refractivity contribution in [2.24, 2.45) is 5.10 Å². The SMILES string of the molecule is C=NNC(=O)Oc1ccccc1. The third-order valence-corrected chi connectivity index (χ3v) is 1.12. The average Bonchev–Trinajstić information content (AvgIpc) is 2.06. The Morgan fingerprint density at radius 1 is 1.42 bits per heavy atom. The summed E-state index contributed by atoms with van der Waals surface area (Å²) in [5.41, 5.74) is 2.05. The minimum atomic E-state index is -0.642. The fourth-order valence-corrected chi connectivity index (χ4v) is 0.683. The predicted octanol–water partition coefficient (Wildman–Crippen LogP) is 1.39. The monoisotopic (exact) mass is 164 g/mol. The van der Waals surface area contributed by atoms with E-state index >= 15 is 0 Å². The van der Waals surface area contributed by atoms with Gasteiger partial charge in [0.05, 0.1) is 0 Å². The molecule has 0 heterocycles. The van der Waals surface area contributed by atoms with Gasteiger partial charge in [-0.05, 0) is 12.1 Å². The summed E-state index contributed by atoms with van der Waals surface area (Å²) in [7, 11) is 0. The number of nitrogens with one attached hydrogen (secondary N) is 1. The lowest BCUT2D eigenvalue weighted by molar-refractivity contribution is 0.201. The Kier molecular flexibility index (Phi) is 2.84. The van der Waals surface area contributed by atoms with Gasteiger partial charge in [0.2, 0.25) is 0 Å². The molecule has 0 spiro atoms. The highest BCUT2D eigenvalue weighted by Gasteiger charge is 1.99. The van der Waals surface area contributed by atoms with Gasteiger partial charge in [0.15, 0.2) is 0 Å². The van der Waals surface area contributed by atoms with E-state index in [1.165, 1.54) is 0 Å². The molecule has 12 heavy (non-hydrogen) atoms. The van der Waals surface area contributed by atoms with E-state index in [9.17, 15) is 4.79 Å². The maximum atomic E-state index is 10.7. The summed E-state index contributed by atoms with van der Waals surface area (Å²) in [6.45, 7) is 3.08. The maximum Gasteiger partial charge on any atom is 0.433 e. The first-order valence-electron chi connectivity index (χ1n) is 3.31. The first-order chi connectivity index (χ1) is 5.83. The van der Waals surface area contributed by atoms with E-state index in [0.717, 1.165) is 0 Å². The lowest BCUT2D eigenvalue weighted by Crippen LogP contribution is -2.20. The van der Waals surface area contributed by atoms with Gasteiger partial charge in [-0.1, -0.05) is 18.2 Å². The molecule has 0 saturated heterocycles. The molecule has 1 N–H and O–H groups in total. The Bertz CT molecular complexity index is 272. The van der Waals surface area contributed by atoms with Crippen molar-refractivity contribution in [3.8, 4) is 5.75 Å². The number of carbonyl (C=O) groups is 1. The Hall–Kier alpha value is -1.84. The van der Waals surface area contributed by atoms with Crippen LogP contribution in [0, 0.1) is 0 Å². The minimum absolute atomic E-state index is 0.471. The molecule has 0 fully saturated rings. The third-order valence-electron chi connectivity index (χ3n) is 1.12. The van der Waals surface area contributed by atoms with Crippen LogP contribution >= 0.6 is 0 Å². The van der Waals surface area contributed by atoms with E-state index in [2.05, 4.69) is 11.8 Å². The molecule has 0 aliphatic carbocycles. The van der Waals surface area contributed by atoms with Gasteiger partial charge in [-0.3, -0.25) is 0 Å². The van der Waals surface area contributed by atoms with Gasteiger partial charge < -0.3 is 4.74 Å². The summed E-state index contributed by atoms with van der Waals surface area (Å²) in [6.07, 6.45) is -0.642. The molecule has 1 rings (SSSR count). The molecule has 0 aliphatic rings. The molecular weight excluding hydrogens is 156 g/mol. The fourth-order valence-electron chi connectivity index (χ4n) is 0.683. The topological polar surface area (TPSA) is 50.7 Å². The van der Waals surface area contributed by atoms with Gasteiger partial charge in [-0.25, -0.2) is 10.2 Å². The van der Waals surface area contributed by atoms with Crippen molar-refractivity contribution >= 4 is 12.8 Å². The van der Waals surface area contributed by atoms with Crippen LogP contribution in [0.25, 0.3) is 0 Å². The molecule has 0 radical (unpaired) electrons. The van der Waals surface area contributed by atoms with Crippen LogP contribution in [0.4, 0.5) is 4.79 Å². The van der Waals surface area contributed by atoms with E-state index in [0.29, 0.717) is 5.75 Å². The standard InChI is InChI=1S/C8H8N2O2/c1-9-10-8(11)12-7-5-3-2-4-6-7/h2-6H,1H2,(H,10,11). The minimum Gasteiger partial charge on any atom is -0.409 e. The summed E-state index contributed by atoms with van der Waals surface area (Å²) in [5.74, 6) is 0.471. The molecule has 62 valence electrons. The Morgan fingerprint density at radius 3 is 2.67 bits per heavy atom. The Balaban J connectivity index is 2.52. The number of hydrogen-bond acceptors (Lipinski definition) is 3. The van der Waals surface area contributed by atoms with Crippen LogP contribution in [-0.2, 0) is 0 Å². The molecule has 0 bridgehead atoms.